The average molecular weight is 583 g/mol. The molecule has 3 heteroatoms. The van der Waals surface area contributed by atoms with Gasteiger partial charge in [0.2, 0.25) is 0 Å². The molecule has 0 aromatic heterocycles. The van der Waals surface area contributed by atoms with Crippen LogP contribution in [0.15, 0.2) is 24.3 Å². The van der Waals surface area contributed by atoms with Crippen LogP contribution in [0.5, 0.6) is 0 Å². The normalized spacial score (nSPS) is 39.0. The van der Waals surface area contributed by atoms with Crippen molar-refractivity contribution < 1.29 is 14.3 Å². The molecule has 6 rings (SSSR count). The first-order valence-electron chi connectivity index (χ1n) is 17.7. The molecule has 5 aliphatic rings. The fourth-order valence-corrected chi connectivity index (χ4v) is 11.5. The van der Waals surface area contributed by atoms with Crippen molar-refractivity contribution in [1.29, 1.82) is 0 Å². The van der Waals surface area contributed by atoms with E-state index in [2.05, 4.69) is 40.7 Å². The number of allylic oxidation sites excluding steroid dienone is 2. The molecule has 1 aromatic rings. The highest BCUT2D eigenvalue weighted by Gasteiger charge is 2.64. The Morgan fingerprint density at radius 3 is 2.07 bits per heavy atom. The number of carboxylic acid groups (broad SMARTS) is 1. The monoisotopic (exact) mass is 582 g/mol. The van der Waals surface area contributed by atoms with Crippen LogP contribution in [0, 0.1) is 57.1 Å². The molecule has 0 amide bonds. The second kappa shape index (κ2) is 13.2. The van der Waals surface area contributed by atoms with Crippen LogP contribution in [0.2, 0.25) is 0 Å². The molecule has 4 saturated carbocycles. The van der Waals surface area contributed by atoms with Crippen molar-refractivity contribution in [2.45, 2.75) is 140 Å². The maximum absolute atomic E-state index is 14.7. The highest BCUT2D eigenvalue weighted by Crippen LogP contribution is 2.73. The summed E-state index contributed by atoms with van der Waals surface area (Å²) < 4.78 is 14.7. The standard InChI is InChI=1S/C33H45FO2.3C2H6/c1-30(2)23(20-8-9-22(29(35)36)26(34)19-20)13-17-33(5)27(30)14-18-32(4)25-12-16-31(3)15-6-7-24(31)21(25)10-11-28(32)33;3*1-2/h8-9,13,19,21,24-25,27-28H,6-7,10-12,14-18H2,1-5H3,(H,35,36);3*1-2H3/t21-,24-,25?,27?,28?,31-,32+,33+;;;/m1.../s1. The quantitative estimate of drug-likeness (QED) is 0.376. The Morgan fingerprint density at radius 2 is 1.45 bits per heavy atom. The molecule has 2 nitrogen and oxygen atoms in total. The summed E-state index contributed by atoms with van der Waals surface area (Å²) in [6.07, 6.45) is 16.1. The summed E-state index contributed by atoms with van der Waals surface area (Å²) in [6, 6.07) is 4.72. The van der Waals surface area contributed by atoms with Crippen LogP contribution in [0.3, 0.4) is 0 Å². The van der Waals surface area contributed by atoms with Gasteiger partial charge in [-0.25, -0.2) is 9.18 Å². The van der Waals surface area contributed by atoms with Gasteiger partial charge in [0.05, 0.1) is 5.56 Å². The number of fused-ring (bicyclic) bond motifs is 7. The van der Waals surface area contributed by atoms with Crippen molar-refractivity contribution in [2.75, 3.05) is 0 Å². The Hall–Kier alpha value is -1.64. The minimum absolute atomic E-state index is 0.0705. The minimum Gasteiger partial charge on any atom is -0.478 e. The summed E-state index contributed by atoms with van der Waals surface area (Å²) in [5.41, 5.74) is 3.07. The molecule has 0 spiro atoms. The van der Waals surface area contributed by atoms with E-state index in [-0.39, 0.29) is 16.4 Å². The Morgan fingerprint density at radius 1 is 0.786 bits per heavy atom. The van der Waals surface area contributed by atoms with Crippen LogP contribution in [0.4, 0.5) is 4.39 Å². The van der Waals surface area contributed by atoms with E-state index in [9.17, 15) is 14.3 Å². The molecule has 42 heavy (non-hydrogen) atoms. The van der Waals surface area contributed by atoms with Gasteiger partial charge in [0.15, 0.2) is 0 Å². The number of hydrogen-bond acceptors (Lipinski definition) is 1. The molecular formula is C39H63FO2. The van der Waals surface area contributed by atoms with E-state index in [0.29, 0.717) is 16.7 Å². The molecule has 5 aliphatic carbocycles. The van der Waals surface area contributed by atoms with Gasteiger partial charge in [-0.2, -0.15) is 0 Å². The van der Waals surface area contributed by atoms with E-state index in [1.54, 1.807) is 0 Å². The third kappa shape index (κ3) is 5.42. The van der Waals surface area contributed by atoms with Crippen LogP contribution >= 0.6 is 0 Å². The van der Waals surface area contributed by atoms with E-state index in [1.165, 1.54) is 75.5 Å². The minimum atomic E-state index is -1.20. The van der Waals surface area contributed by atoms with Gasteiger partial charge in [-0.1, -0.05) is 94.7 Å². The maximum atomic E-state index is 14.7. The summed E-state index contributed by atoms with van der Waals surface area (Å²) >= 11 is 0. The van der Waals surface area contributed by atoms with Gasteiger partial charge in [0.1, 0.15) is 5.82 Å². The lowest BCUT2D eigenvalue weighted by Gasteiger charge is -2.68. The zero-order chi connectivity index (χ0) is 31.7. The van der Waals surface area contributed by atoms with Crippen molar-refractivity contribution >= 4 is 11.5 Å². The molecule has 238 valence electrons. The SMILES string of the molecule is CC.CC.CC.CC1(C)C(c2ccc(C(=O)O)c(F)c2)=CC[C@@]2(C)C1CC[C@@]1(C)C3CC[C@@]4(C)CCC[C@@H]4[C@H]3CCC12. The number of hydrogen-bond donors (Lipinski definition) is 1. The molecule has 4 fully saturated rings. The molecule has 1 aromatic carbocycles. The molecule has 0 radical (unpaired) electrons. The van der Waals surface area contributed by atoms with Crippen molar-refractivity contribution in [3.63, 3.8) is 0 Å². The van der Waals surface area contributed by atoms with E-state index >= 15 is 0 Å². The predicted octanol–water partition coefficient (Wildman–Crippen LogP) is 12.1. The molecule has 0 heterocycles. The molecular weight excluding hydrogens is 519 g/mol. The van der Waals surface area contributed by atoms with Gasteiger partial charge < -0.3 is 5.11 Å². The third-order valence-corrected chi connectivity index (χ3v) is 13.0. The van der Waals surface area contributed by atoms with Crippen molar-refractivity contribution in [3.8, 4) is 0 Å². The summed E-state index contributed by atoms with van der Waals surface area (Å²) in [5, 5.41) is 9.28. The lowest BCUT2D eigenvalue weighted by atomic mass is 9.36. The number of aromatic carboxylic acids is 1. The average Bonchev–Trinajstić information content (AvgIpc) is 3.37. The number of benzene rings is 1. The predicted molar refractivity (Wildman–Crippen MR) is 177 cm³/mol. The summed E-state index contributed by atoms with van der Waals surface area (Å²) in [5.74, 6) is 2.25. The van der Waals surface area contributed by atoms with Gasteiger partial charge in [0.25, 0.3) is 0 Å². The van der Waals surface area contributed by atoms with E-state index in [4.69, 9.17) is 0 Å². The zero-order valence-corrected chi connectivity index (χ0v) is 29.0. The smallest absolute Gasteiger partial charge is 0.338 e. The maximum Gasteiger partial charge on any atom is 0.338 e. The van der Waals surface area contributed by atoms with E-state index < -0.39 is 11.8 Å². The van der Waals surface area contributed by atoms with Gasteiger partial charge in [-0.15, -0.1) is 0 Å². The van der Waals surface area contributed by atoms with Crippen LogP contribution in [-0.2, 0) is 0 Å². The molecule has 1 N–H and O–H groups in total. The molecule has 0 aliphatic heterocycles. The van der Waals surface area contributed by atoms with Gasteiger partial charge in [0, 0.05) is 0 Å². The Labute approximate surface area is 258 Å². The lowest BCUT2D eigenvalue weighted by molar-refractivity contribution is -0.176. The Balaban J connectivity index is 0.000000760. The highest BCUT2D eigenvalue weighted by atomic mass is 19.1. The van der Waals surface area contributed by atoms with E-state index in [0.717, 1.165) is 35.7 Å². The second-order valence-corrected chi connectivity index (χ2v) is 14.7. The first-order valence-corrected chi connectivity index (χ1v) is 17.7. The highest BCUT2D eigenvalue weighted by molar-refractivity contribution is 5.88. The molecule has 0 saturated heterocycles. The number of rotatable bonds is 2. The number of halogens is 1. The first-order chi connectivity index (χ1) is 19.9. The van der Waals surface area contributed by atoms with Crippen molar-refractivity contribution in [3.05, 3.63) is 41.2 Å². The van der Waals surface area contributed by atoms with E-state index in [1.807, 2.05) is 47.6 Å². The lowest BCUT2D eigenvalue weighted by Crippen LogP contribution is -2.60. The van der Waals surface area contributed by atoms with Gasteiger partial charge >= 0.3 is 5.97 Å². The van der Waals surface area contributed by atoms with Crippen LogP contribution in [-0.4, -0.2) is 11.1 Å². The van der Waals surface area contributed by atoms with Crippen LogP contribution in [0.25, 0.3) is 5.57 Å². The Bertz CT molecular complexity index is 1120. The molecule has 0 bridgehead atoms. The van der Waals surface area contributed by atoms with Crippen molar-refractivity contribution in [2.24, 2.45) is 51.2 Å². The second-order valence-electron chi connectivity index (χ2n) is 14.7. The zero-order valence-electron chi connectivity index (χ0n) is 29.0. The largest absolute Gasteiger partial charge is 0.478 e. The van der Waals surface area contributed by atoms with Crippen LogP contribution in [0.1, 0.15) is 156 Å². The van der Waals surface area contributed by atoms with Gasteiger partial charge in [-0.05, 0) is 132 Å². The first kappa shape index (κ1) is 34.8. The van der Waals surface area contributed by atoms with Crippen molar-refractivity contribution in [1.82, 2.24) is 0 Å². The Kier molecular flexibility index (Phi) is 10.9. The van der Waals surface area contributed by atoms with Gasteiger partial charge in [-0.3, -0.25) is 0 Å². The number of carboxylic acids is 1. The third-order valence-electron chi connectivity index (χ3n) is 13.0. The fraction of sp³-hybridized carbons (Fsp3) is 0.769. The van der Waals surface area contributed by atoms with Crippen LogP contribution < -0.4 is 0 Å². The molecule has 3 unspecified atom stereocenters. The number of carbonyl (C=O) groups is 1. The summed E-state index contributed by atoms with van der Waals surface area (Å²) in [7, 11) is 0. The summed E-state index contributed by atoms with van der Waals surface area (Å²) in [6.45, 7) is 24.6. The molecule has 8 atom stereocenters. The summed E-state index contributed by atoms with van der Waals surface area (Å²) in [4.78, 5) is 11.4. The fourth-order valence-electron chi connectivity index (χ4n) is 11.5. The topological polar surface area (TPSA) is 37.3 Å².